The van der Waals surface area contributed by atoms with Crippen molar-refractivity contribution in [2.75, 3.05) is 0 Å². The van der Waals surface area contributed by atoms with E-state index in [0.717, 1.165) is 28.0 Å². The zero-order valence-electron chi connectivity index (χ0n) is 12.6. The average molecular weight is 288 g/mol. The van der Waals surface area contributed by atoms with E-state index < -0.39 is 0 Å². The molecule has 0 aliphatic heterocycles. The van der Waals surface area contributed by atoms with Gasteiger partial charge in [0.25, 0.3) is 0 Å². The molecule has 0 saturated carbocycles. The van der Waals surface area contributed by atoms with Gasteiger partial charge in [-0.3, -0.25) is 0 Å². The number of hydrogen-bond donors (Lipinski definition) is 0. The van der Waals surface area contributed by atoms with Gasteiger partial charge in [0, 0.05) is 0 Å². The van der Waals surface area contributed by atoms with Crippen LogP contribution in [-0.4, -0.2) is 0 Å². The molecule has 0 unspecified atom stereocenters. The van der Waals surface area contributed by atoms with Crippen LogP contribution in [0.4, 0.5) is 0 Å². The third-order valence-corrected chi connectivity index (χ3v) is 3.35. The molecule has 0 amide bonds. The molecule has 0 aliphatic rings. The van der Waals surface area contributed by atoms with Crippen LogP contribution < -0.4 is 4.74 Å². The van der Waals surface area contributed by atoms with Crippen molar-refractivity contribution in [2.24, 2.45) is 0 Å². The summed E-state index contributed by atoms with van der Waals surface area (Å²) < 4.78 is 5.82. The van der Waals surface area contributed by atoms with Crippen LogP contribution in [0.25, 0.3) is 6.08 Å². The van der Waals surface area contributed by atoms with Crippen molar-refractivity contribution >= 4 is 6.08 Å². The maximum Gasteiger partial charge on any atom is 0.130 e. The topological polar surface area (TPSA) is 56.8 Å². The van der Waals surface area contributed by atoms with Gasteiger partial charge in [-0.1, -0.05) is 30.3 Å². The number of ether oxygens (including phenoxy) is 1. The molecule has 22 heavy (non-hydrogen) atoms. The molecule has 0 bridgehead atoms. The first-order valence-electron chi connectivity index (χ1n) is 6.94. The maximum absolute atomic E-state index is 8.87. The Morgan fingerprint density at radius 1 is 1.05 bits per heavy atom. The third kappa shape index (κ3) is 3.75. The van der Waals surface area contributed by atoms with Gasteiger partial charge in [-0.15, -0.1) is 0 Å². The molecule has 0 spiro atoms. The van der Waals surface area contributed by atoms with Crippen LogP contribution in [-0.2, 0) is 6.61 Å². The van der Waals surface area contributed by atoms with Crippen LogP contribution in [0.15, 0.2) is 48.0 Å². The van der Waals surface area contributed by atoms with Crippen molar-refractivity contribution in [3.63, 3.8) is 0 Å². The second-order valence-corrected chi connectivity index (χ2v) is 5.03. The molecular formula is C19H16N2O. The summed E-state index contributed by atoms with van der Waals surface area (Å²) in [5.74, 6) is 0.784. The number of nitriles is 2. The van der Waals surface area contributed by atoms with E-state index in [0.29, 0.717) is 6.61 Å². The van der Waals surface area contributed by atoms with Gasteiger partial charge in [-0.05, 0) is 54.3 Å². The van der Waals surface area contributed by atoms with Crippen molar-refractivity contribution in [1.29, 1.82) is 10.5 Å². The summed E-state index contributed by atoms with van der Waals surface area (Å²) >= 11 is 0. The van der Waals surface area contributed by atoms with E-state index in [1.54, 1.807) is 6.08 Å². The molecule has 0 aliphatic carbocycles. The Kier molecular flexibility index (Phi) is 4.96. The fraction of sp³-hybridized carbons (Fsp3) is 0.158. The summed E-state index contributed by atoms with van der Waals surface area (Å²) in [7, 11) is 0. The molecule has 0 radical (unpaired) electrons. The molecule has 0 saturated heterocycles. The molecule has 2 aromatic rings. The van der Waals surface area contributed by atoms with E-state index in [1.807, 2.05) is 68.5 Å². The predicted octanol–water partition coefficient (Wildman–Crippen LogP) is 4.31. The van der Waals surface area contributed by atoms with Gasteiger partial charge in [0.2, 0.25) is 0 Å². The van der Waals surface area contributed by atoms with E-state index >= 15 is 0 Å². The zero-order valence-corrected chi connectivity index (χ0v) is 12.6. The fourth-order valence-electron chi connectivity index (χ4n) is 2.22. The zero-order chi connectivity index (χ0) is 15.9. The third-order valence-electron chi connectivity index (χ3n) is 3.35. The van der Waals surface area contributed by atoms with E-state index in [4.69, 9.17) is 15.3 Å². The van der Waals surface area contributed by atoms with Crippen LogP contribution in [0, 0.1) is 36.5 Å². The van der Waals surface area contributed by atoms with Crippen LogP contribution in [0.1, 0.15) is 22.3 Å². The van der Waals surface area contributed by atoms with Crippen LogP contribution in [0.5, 0.6) is 5.75 Å². The molecule has 0 atom stereocenters. The molecule has 2 rings (SSSR count). The summed E-state index contributed by atoms with van der Waals surface area (Å²) in [6, 6.07) is 17.6. The van der Waals surface area contributed by atoms with Crippen molar-refractivity contribution in [3.05, 3.63) is 70.3 Å². The van der Waals surface area contributed by atoms with Gasteiger partial charge in [0.15, 0.2) is 0 Å². The lowest BCUT2D eigenvalue weighted by molar-refractivity contribution is 0.306. The lowest BCUT2D eigenvalue weighted by Gasteiger charge is -2.11. The highest BCUT2D eigenvalue weighted by molar-refractivity contribution is 5.67. The highest BCUT2D eigenvalue weighted by atomic mass is 16.5. The van der Waals surface area contributed by atoms with E-state index in [9.17, 15) is 0 Å². The summed E-state index contributed by atoms with van der Waals surface area (Å²) in [5, 5.41) is 17.7. The standard InChI is InChI=1S/C19H16N2O/c1-14-8-18(22-13-16-6-4-3-5-7-16)9-15(2)19(14)10-17(11-20)12-21/h3-10H,13H2,1-2H3. The molecule has 3 heteroatoms. The van der Waals surface area contributed by atoms with E-state index in [-0.39, 0.29) is 5.57 Å². The average Bonchev–Trinajstić information content (AvgIpc) is 2.53. The maximum atomic E-state index is 8.87. The lowest BCUT2D eigenvalue weighted by atomic mass is 10.0. The van der Waals surface area contributed by atoms with E-state index in [1.165, 1.54) is 0 Å². The summed E-state index contributed by atoms with van der Waals surface area (Å²) in [5.41, 5.74) is 4.06. The molecule has 0 aromatic heterocycles. The Bertz CT molecular complexity index is 738. The SMILES string of the molecule is Cc1cc(OCc2ccccc2)cc(C)c1C=C(C#N)C#N. The van der Waals surface area contributed by atoms with Crippen LogP contribution in [0.2, 0.25) is 0 Å². The smallest absolute Gasteiger partial charge is 0.130 e. The molecule has 2 aromatic carbocycles. The number of nitrogens with zero attached hydrogens (tertiary/aromatic N) is 2. The number of benzene rings is 2. The molecular weight excluding hydrogens is 272 g/mol. The molecule has 0 heterocycles. The van der Waals surface area contributed by atoms with Gasteiger partial charge in [-0.2, -0.15) is 10.5 Å². The van der Waals surface area contributed by atoms with Gasteiger partial charge >= 0.3 is 0 Å². The number of rotatable bonds is 4. The fourth-order valence-corrected chi connectivity index (χ4v) is 2.22. The predicted molar refractivity (Wildman–Crippen MR) is 85.9 cm³/mol. The van der Waals surface area contributed by atoms with Crippen molar-refractivity contribution in [3.8, 4) is 17.9 Å². The summed E-state index contributed by atoms with van der Waals surface area (Å²) in [4.78, 5) is 0. The monoisotopic (exact) mass is 288 g/mol. The van der Waals surface area contributed by atoms with E-state index in [2.05, 4.69) is 0 Å². The van der Waals surface area contributed by atoms with Crippen LogP contribution >= 0.6 is 0 Å². The Labute approximate surface area is 130 Å². The first-order valence-corrected chi connectivity index (χ1v) is 6.94. The summed E-state index contributed by atoms with van der Waals surface area (Å²) in [6.07, 6.45) is 1.62. The summed E-state index contributed by atoms with van der Waals surface area (Å²) in [6.45, 7) is 4.40. The highest BCUT2D eigenvalue weighted by Gasteiger charge is 2.06. The van der Waals surface area contributed by atoms with Crippen molar-refractivity contribution in [2.45, 2.75) is 20.5 Å². The second-order valence-electron chi connectivity index (χ2n) is 5.03. The molecule has 3 nitrogen and oxygen atoms in total. The van der Waals surface area contributed by atoms with Gasteiger partial charge in [0.1, 0.15) is 30.1 Å². The van der Waals surface area contributed by atoms with Crippen molar-refractivity contribution < 1.29 is 4.74 Å². The van der Waals surface area contributed by atoms with Crippen molar-refractivity contribution in [1.82, 2.24) is 0 Å². The normalized spacial score (nSPS) is 9.45. The quantitative estimate of drug-likeness (QED) is 0.787. The van der Waals surface area contributed by atoms with Gasteiger partial charge < -0.3 is 4.74 Å². The van der Waals surface area contributed by atoms with Gasteiger partial charge in [0.05, 0.1) is 0 Å². The molecule has 0 fully saturated rings. The minimum atomic E-state index is 0.101. The largest absolute Gasteiger partial charge is 0.489 e. The highest BCUT2D eigenvalue weighted by Crippen LogP contribution is 2.24. The second kappa shape index (κ2) is 7.11. The number of aryl methyl sites for hydroxylation is 2. The number of allylic oxidation sites excluding steroid dienone is 1. The Morgan fingerprint density at radius 2 is 1.64 bits per heavy atom. The molecule has 0 N–H and O–H groups in total. The molecule has 108 valence electrons. The Morgan fingerprint density at radius 3 is 2.18 bits per heavy atom. The first kappa shape index (κ1) is 15.4. The number of hydrogen-bond acceptors (Lipinski definition) is 3. The Balaban J connectivity index is 2.22. The Hall–Kier alpha value is -3.04. The first-order chi connectivity index (χ1) is 10.6. The lowest BCUT2D eigenvalue weighted by Crippen LogP contribution is -1.97. The van der Waals surface area contributed by atoms with Gasteiger partial charge in [-0.25, -0.2) is 0 Å². The van der Waals surface area contributed by atoms with Crippen LogP contribution in [0.3, 0.4) is 0 Å². The minimum absolute atomic E-state index is 0.101. The minimum Gasteiger partial charge on any atom is -0.489 e.